The summed E-state index contributed by atoms with van der Waals surface area (Å²) < 4.78 is 6.21. The van der Waals surface area contributed by atoms with Crippen LogP contribution in [-0.4, -0.2) is 6.61 Å². The molecule has 0 spiro atoms. The third-order valence-electron chi connectivity index (χ3n) is 4.88. The highest BCUT2D eigenvalue weighted by Crippen LogP contribution is 2.33. The Bertz CT molecular complexity index is 392. The molecule has 1 fully saturated rings. The average Bonchev–Trinajstić information content (AvgIpc) is 2.49. The molecular formula is C18H26O. The summed E-state index contributed by atoms with van der Waals surface area (Å²) in [4.78, 5) is 0. The number of ether oxygens (including phenoxy) is 1. The Balaban J connectivity index is 1.50. The molecule has 2 aliphatic rings. The van der Waals surface area contributed by atoms with E-state index in [-0.39, 0.29) is 0 Å². The van der Waals surface area contributed by atoms with Crippen molar-refractivity contribution in [2.75, 3.05) is 6.61 Å². The molecule has 0 amide bonds. The number of fused-ring (bicyclic) bond motifs is 1. The quantitative estimate of drug-likeness (QED) is 0.734. The van der Waals surface area contributed by atoms with Crippen molar-refractivity contribution in [3.05, 3.63) is 35.4 Å². The Morgan fingerprint density at radius 1 is 0.947 bits per heavy atom. The molecule has 0 saturated heterocycles. The van der Waals surface area contributed by atoms with Crippen molar-refractivity contribution in [1.82, 2.24) is 0 Å². The number of hydrogen-bond acceptors (Lipinski definition) is 1. The van der Waals surface area contributed by atoms with Gasteiger partial charge in [-0.15, -0.1) is 0 Å². The van der Waals surface area contributed by atoms with Crippen molar-refractivity contribution in [3.8, 4) is 0 Å². The molecule has 0 bridgehead atoms. The van der Waals surface area contributed by atoms with Gasteiger partial charge in [0.25, 0.3) is 0 Å². The highest BCUT2D eigenvalue weighted by molar-refractivity contribution is 5.31. The van der Waals surface area contributed by atoms with E-state index in [4.69, 9.17) is 4.74 Å². The van der Waals surface area contributed by atoms with Crippen LogP contribution >= 0.6 is 0 Å². The first-order valence-corrected chi connectivity index (χ1v) is 8.13. The van der Waals surface area contributed by atoms with E-state index in [2.05, 4.69) is 24.3 Å². The molecule has 1 atom stereocenters. The third kappa shape index (κ3) is 3.39. The van der Waals surface area contributed by atoms with Gasteiger partial charge >= 0.3 is 0 Å². The van der Waals surface area contributed by atoms with Crippen LogP contribution in [-0.2, 0) is 11.2 Å². The topological polar surface area (TPSA) is 9.23 Å². The SMILES string of the molecule is c1ccc2c(c1)CCCC2OCCC1CCCCC1. The monoisotopic (exact) mass is 258 g/mol. The first-order valence-electron chi connectivity index (χ1n) is 8.13. The van der Waals surface area contributed by atoms with E-state index in [9.17, 15) is 0 Å². The molecule has 1 heteroatoms. The van der Waals surface area contributed by atoms with E-state index in [1.165, 1.54) is 68.9 Å². The molecule has 1 unspecified atom stereocenters. The molecule has 2 aliphatic carbocycles. The van der Waals surface area contributed by atoms with Gasteiger partial charge in [0.1, 0.15) is 0 Å². The van der Waals surface area contributed by atoms with E-state index in [1.807, 2.05) is 0 Å². The Morgan fingerprint density at radius 2 is 1.79 bits per heavy atom. The van der Waals surface area contributed by atoms with Gasteiger partial charge in [-0.2, -0.15) is 0 Å². The molecule has 0 radical (unpaired) electrons. The summed E-state index contributed by atoms with van der Waals surface area (Å²) in [5.74, 6) is 0.938. The van der Waals surface area contributed by atoms with Crippen LogP contribution in [0.5, 0.6) is 0 Å². The van der Waals surface area contributed by atoms with Gasteiger partial charge in [-0.25, -0.2) is 0 Å². The van der Waals surface area contributed by atoms with Crippen LogP contribution in [0.25, 0.3) is 0 Å². The Labute approximate surface area is 117 Å². The summed E-state index contributed by atoms with van der Waals surface area (Å²) in [6.45, 7) is 0.962. The molecule has 0 aliphatic heterocycles. The lowest BCUT2D eigenvalue weighted by molar-refractivity contribution is 0.0300. The van der Waals surface area contributed by atoms with Gasteiger partial charge in [0.2, 0.25) is 0 Å². The first kappa shape index (κ1) is 13.2. The summed E-state index contributed by atoms with van der Waals surface area (Å²) in [5.41, 5.74) is 2.97. The second-order valence-electron chi connectivity index (χ2n) is 6.24. The fourth-order valence-electron chi connectivity index (χ4n) is 3.74. The molecule has 1 aromatic rings. The van der Waals surface area contributed by atoms with Crippen molar-refractivity contribution in [3.63, 3.8) is 0 Å². The first-order chi connectivity index (χ1) is 9.43. The summed E-state index contributed by atoms with van der Waals surface area (Å²) in [6, 6.07) is 8.84. The molecular weight excluding hydrogens is 232 g/mol. The van der Waals surface area contributed by atoms with Crippen LogP contribution in [0.3, 0.4) is 0 Å². The van der Waals surface area contributed by atoms with Crippen LogP contribution in [0, 0.1) is 5.92 Å². The van der Waals surface area contributed by atoms with Crippen LogP contribution in [0.1, 0.15) is 68.6 Å². The molecule has 1 saturated carbocycles. The summed E-state index contributed by atoms with van der Waals surface area (Å²) in [5, 5.41) is 0. The number of benzene rings is 1. The van der Waals surface area contributed by atoms with Crippen molar-refractivity contribution >= 4 is 0 Å². The fraction of sp³-hybridized carbons (Fsp3) is 0.667. The molecule has 104 valence electrons. The molecule has 0 N–H and O–H groups in total. The zero-order valence-corrected chi connectivity index (χ0v) is 11.9. The fourth-order valence-corrected chi connectivity index (χ4v) is 3.74. The van der Waals surface area contributed by atoms with Crippen LogP contribution < -0.4 is 0 Å². The van der Waals surface area contributed by atoms with Crippen molar-refractivity contribution in [2.24, 2.45) is 5.92 Å². The molecule has 1 nitrogen and oxygen atoms in total. The molecule has 19 heavy (non-hydrogen) atoms. The van der Waals surface area contributed by atoms with E-state index >= 15 is 0 Å². The number of aryl methyl sites for hydroxylation is 1. The third-order valence-corrected chi connectivity index (χ3v) is 4.88. The summed E-state index contributed by atoms with van der Waals surface area (Å²) >= 11 is 0. The van der Waals surface area contributed by atoms with E-state index < -0.39 is 0 Å². The molecule has 1 aromatic carbocycles. The second kappa shape index (κ2) is 6.56. The lowest BCUT2D eigenvalue weighted by atomic mass is 9.87. The predicted molar refractivity (Wildman–Crippen MR) is 79.3 cm³/mol. The van der Waals surface area contributed by atoms with Gasteiger partial charge in [0.15, 0.2) is 0 Å². The summed E-state index contributed by atoms with van der Waals surface area (Å²) in [7, 11) is 0. The average molecular weight is 258 g/mol. The van der Waals surface area contributed by atoms with Gasteiger partial charge in [0.05, 0.1) is 6.10 Å². The van der Waals surface area contributed by atoms with Crippen molar-refractivity contribution in [1.29, 1.82) is 0 Å². The maximum atomic E-state index is 6.21. The Morgan fingerprint density at radius 3 is 2.68 bits per heavy atom. The lowest BCUT2D eigenvalue weighted by Gasteiger charge is -2.27. The minimum Gasteiger partial charge on any atom is -0.374 e. The zero-order chi connectivity index (χ0) is 12.9. The van der Waals surface area contributed by atoms with Gasteiger partial charge in [0, 0.05) is 6.61 Å². The Hall–Kier alpha value is -0.820. The van der Waals surface area contributed by atoms with Gasteiger partial charge < -0.3 is 4.74 Å². The minimum atomic E-state index is 0.369. The van der Waals surface area contributed by atoms with E-state index in [0.29, 0.717) is 6.10 Å². The zero-order valence-electron chi connectivity index (χ0n) is 11.9. The molecule has 0 heterocycles. The maximum Gasteiger partial charge on any atom is 0.0827 e. The smallest absolute Gasteiger partial charge is 0.0827 e. The Kier molecular flexibility index (Phi) is 4.55. The van der Waals surface area contributed by atoms with E-state index in [0.717, 1.165) is 12.5 Å². The van der Waals surface area contributed by atoms with Crippen molar-refractivity contribution < 1.29 is 4.74 Å². The minimum absolute atomic E-state index is 0.369. The number of rotatable bonds is 4. The molecule has 0 aromatic heterocycles. The summed E-state index contributed by atoms with van der Waals surface area (Å²) in [6.07, 6.45) is 12.6. The van der Waals surface area contributed by atoms with E-state index in [1.54, 1.807) is 0 Å². The van der Waals surface area contributed by atoms with Gasteiger partial charge in [-0.3, -0.25) is 0 Å². The van der Waals surface area contributed by atoms with Crippen LogP contribution in [0.15, 0.2) is 24.3 Å². The largest absolute Gasteiger partial charge is 0.374 e. The van der Waals surface area contributed by atoms with Crippen LogP contribution in [0.2, 0.25) is 0 Å². The lowest BCUT2D eigenvalue weighted by Crippen LogP contribution is -2.15. The van der Waals surface area contributed by atoms with Gasteiger partial charge in [-0.1, -0.05) is 56.4 Å². The number of hydrogen-bond donors (Lipinski definition) is 0. The maximum absolute atomic E-state index is 6.21. The standard InChI is InChI=1S/C18H26O/c1-2-7-15(8-3-1)13-14-19-18-12-6-10-16-9-4-5-11-17(16)18/h4-5,9,11,15,18H,1-3,6-8,10,12-14H2. The highest BCUT2D eigenvalue weighted by Gasteiger charge is 2.21. The normalized spacial score (nSPS) is 24.1. The van der Waals surface area contributed by atoms with Gasteiger partial charge in [-0.05, 0) is 42.7 Å². The van der Waals surface area contributed by atoms with Crippen LogP contribution in [0.4, 0.5) is 0 Å². The molecule has 3 rings (SSSR count). The second-order valence-corrected chi connectivity index (χ2v) is 6.24. The predicted octanol–water partition coefficient (Wildman–Crippen LogP) is 5.05. The highest BCUT2D eigenvalue weighted by atomic mass is 16.5. The van der Waals surface area contributed by atoms with Crippen molar-refractivity contribution in [2.45, 2.75) is 63.9 Å².